The fourth-order valence-electron chi connectivity index (χ4n) is 2.05. The average molecular weight is 261 g/mol. The van der Waals surface area contributed by atoms with Crippen LogP contribution >= 0.6 is 0 Å². The highest BCUT2D eigenvalue weighted by Crippen LogP contribution is 2.24. The highest BCUT2D eigenvalue weighted by Gasteiger charge is 2.18. The molecule has 0 saturated carbocycles. The molecule has 1 aromatic carbocycles. The van der Waals surface area contributed by atoms with Crippen molar-refractivity contribution in [2.24, 2.45) is 5.84 Å². The monoisotopic (exact) mass is 261 g/mol. The van der Waals surface area contributed by atoms with Gasteiger partial charge in [-0.3, -0.25) is 5.84 Å². The zero-order chi connectivity index (χ0) is 13.7. The molecule has 0 fully saturated rings. The molecule has 1 atom stereocenters. The molecule has 6 nitrogen and oxygen atoms in total. The van der Waals surface area contributed by atoms with Crippen LogP contribution in [0.2, 0.25) is 0 Å². The molecule has 2 rings (SSSR count). The fourth-order valence-corrected chi connectivity index (χ4v) is 2.05. The summed E-state index contributed by atoms with van der Waals surface area (Å²) in [5.41, 5.74) is 4.77. The number of hydrazine groups is 1. The third-order valence-corrected chi connectivity index (χ3v) is 2.97. The number of ether oxygens (including phenoxy) is 1. The van der Waals surface area contributed by atoms with E-state index >= 15 is 0 Å². The normalized spacial score (nSPS) is 12.4. The lowest BCUT2D eigenvalue weighted by atomic mass is 10.0. The number of hydrogen-bond donors (Lipinski definition) is 2. The first kappa shape index (κ1) is 13.5. The van der Waals surface area contributed by atoms with Gasteiger partial charge in [-0.1, -0.05) is 24.3 Å². The van der Waals surface area contributed by atoms with Crippen LogP contribution < -0.4 is 16.0 Å². The number of aromatic nitrogens is 3. The molecule has 6 heteroatoms. The van der Waals surface area contributed by atoms with E-state index in [0.717, 1.165) is 30.0 Å². The Kier molecular flexibility index (Phi) is 4.48. The van der Waals surface area contributed by atoms with Gasteiger partial charge in [-0.25, -0.2) is 10.1 Å². The van der Waals surface area contributed by atoms with Crippen LogP contribution in [0.3, 0.4) is 0 Å². The fraction of sp³-hybridized carbons (Fsp3) is 0.385. The van der Waals surface area contributed by atoms with E-state index in [1.165, 1.54) is 0 Å². The van der Waals surface area contributed by atoms with Crippen molar-refractivity contribution in [2.75, 3.05) is 7.11 Å². The second-order valence-electron chi connectivity index (χ2n) is 4.26. The summed E-state index contributed by atoms with van der Waals surface area (Å²) in [6.07, 6.45) is 2.73. The quantitative estimate of drug-likeness (QED) is 0.604. The molecule has 0 aliphatic carbocycles. The van der Waals surface area contributed by atoms with E-state index in [-0.39, 0.29) is 6.04 Å². The van der Waals surface area contributed by atoms with Gasteiger partial charge >= 0.3 is 0 Å². The molecule has 0 aliphatic heterocycles. The van der Waals surface area contributed by atoms with Crippen LogP contribution in [0.1, 0.15) is 30.6 Å². The van der Waals surface area contributed by atoms with Gasteiger partial charge in [-0.2, -0.15) is 0 Å². The molecular formula is C13H19N5O. The van der Waals surface area contributed by atoms with Crippen LogP contribution in [0, 0.1) is 0 Å². The van der Waals surface area contributed by atoms with Crippen molar-refractivity contribution in [3.05, 3.63) is 41.7 Å². The molecule has 0 amide bonds. The predicted molar refractivity (Wildman–Crippen MR) is 72.5 cm³/mol. The zero-order valence-electron chi connectivity index (χ0n) is 11.2. The van der Waals surface area contributed by atoms with Crippen molar-refractivity contribution in [1.29, 1.82) is 0 Å². The number of aryl methyl sites for hydroxylation is 1. The minimum absolute atomic E-state index is 0.156. The molecule has 102 valence electrons. The van der Waals surface area contributed by atoms with Crippen LogP contribution in [0.15, 0.2) is 30.5 Å². The molecule has 3 N–H and O–H groups in total. The molecule has 1 unspecified atom stereocenters. The van der Waals surface area contributed by atoms with Gasteiger partial charge in [0, 0.05) is 6.54 Å². The van der Waals surface area contributed by atoms with Gasteiger partial charge in [0.25, 0.3) is 0 Å². The molecule has 0 spiro atoms. The Morgan fingerprint density at radius 1 is 1.47 bits per heavy atom. The van der Waals surface area contributed by atoms with E-state index in [1.54, 1.807) is 13.3 Å². The third-order valence-electron chi connectivity index (χ3n) is 2.97. The maximum absolute atomic E-state index is 5.69. The summed E-state index contributed by atoms with van der Waals surface area (Å²) in [5.74, 6) is 6.49. The number of nitrogens with one attached hydrogen (secondary N) is 1. The van der Waals surface area contributed by atoms with E-state index in [4.69, 9.17) is 10.6 Å². The lowest BCUT2D eigenvalue weighted by Gasteiger charge is -2.17. The van der Waals surface area contributed by atoms with Crippen LogP contribution in [0.25, 0.3) is 0 Å². The van der Waals surface area contributed by atoms with E-state index in [1.807, 2.05) is 28.9 Å². The van der Waals surface area contributed by atoms with Crippen LogP contribution in [-0.4, -0.2) is 22.1 Å². The Balaban J connectivity index is 2.35. The Morgan fingerprint density at radius 2 is 2.32 bits per heavy atom. The summed E-state index contributed by atoms with van der Waals surface area (Å²) in [7, 11) is 1.65. The first-order valence-corrected chi connectivity index (χ1v) is 6.28. The van der Waals surface area contributed by atoms with Gasteiger partial charge in [0.2, 0.25) is 0 Å². The average Bonchev–Trinajstić information content (AvgIpc) is 2.89. The SMILES string of the molecule is CCCn1nncc1C(NN)c1cccc(OC)c1. The lowest BCUT2D eigenvalue weighted by Crippen LogP contribution is -2.30. The Labute approximate surface area is 112 Å². The number of nitrogens with zero attached hydrogens (tertiary/aromatic N) is 3. The summed E-state index contributed by atoms with van der Waals surface area (Å²) in [6, 6.07) is 7.63. The van der Waals surface area contributed by atoms with Crippen molar-refractivity contribution in [3.63, 3.8) is 0 Å². The Hall–Kier alpha value is -1.92. The Morgan fingerprint density at radius 3 is 3.00 bits per heavy atom. The summed E-state index contributed by atoms with van der Waals surface area (Å²) in [5, 5.41) is 8.05. The van der Waals surface area contributed by atoms with E-state index < -0.39 is 0 Å². The zero-order valence-corrected chi connectivity index (χ0v) is 11.2. The second-order valence-corrected chi connectivity index (χ2v) is 4.26. The minimum atomic E-state index is -0.156. The number of rotatable bonds is 6. The molecular weight excluding hydrogens is 242 g/mol. The molecule has 1 aromatic heterocycles. The molecule has 19 heavy (non-hydrogen) atoms. The summed E-state index contributed by atoms with van der Waals surface area (Å²) in [4.78, 5) is 0. The molecule has 0 radical (unpaired) electrons. The summed E-state index contributed by atoms with van der Waals surface area (Å²) < 4.78 is 7.10. The molecule has 1 heterocycles. The van der Waals surface area contributed by atoms with Crippen molar-refractivity contribution in [3.8, 4) is 5.75 Å². The Bertz CT molecular complexity index is 525. The summed E-state index contributed by atoms with van der Waals surface area (Å²) in [6.45, 7) is 2.92. The highest BCUT2D eigenvalue weighted by molar-refractivity contribution is 5.34. The number of methoxy groups -OCH3 is 1. The van der Waals surface area contributed by atoms with Crippen molar-refractivity contribution < 1.29 is 4.74 Å². The van der Waals surface area contributed by atoms with Crippen molar-refractivity contribution in [2.45, 2.75) is 25.9 Å². The highest BCUT2D eigenvalue weighted by atomic mass is 16.5. The van der Waals surface area contributed by atoms with Gasteiger partial charge in [-0.05, 0) is 24.1 Å². The first-order valence-electron chi connectivity index (χ1n) is 6.28. The number of benzene rings is 1. The van der Waals surface area contributed by atoms with E-state index in [9.17, 15) is 0 Å². The number of nitrogens with two attached hydrogens (primary N) is 1. The maximum Gasteiger partial charge on any atom is 0.119 e. The predicted octanol–water partition coefficient (Wildman–Crippen LogP) is 1.25. The topological polar surface area (TPSA) is 78.0 Å². The van der Waals surface area contributed by atoms with Gasteiger partial charge in [0.05, 0.1) is 25.0 Å². The number of hydrogen-bond acceptors (Lipinski definition) is 5. The van der Waals surface area contributed by atoms with Crippen LogP contribution in [-0.2, 0) is 6.54 Å². The van der Waals surface area contributed by atoms with Crippen LogP contribution in [0.4, 0.5) is 0 Å². The van der Waals surface area contributed by atoms with Crippen molar-refractivity contribution >= 4 is 0 Å². The molecule has 0 bridgehead atoms. The molecule has 0 saturated heterocycles. The standard InChI is InChI=1S/C13H19N5O/c1-3-7-18-12(9-15-17-18)13(16-14)10-5-4-6-11(8-10)19-2/h4-6,8-9,13,16H,3,7,14H2,1-2H3. The van der Waals surface area contributed by atoms with Gasteiger partial charge in [0.1, 0.15) is 5.75 Å². The van der Waals surface area contributed by atoms with Crippen LogP contribution in [0.5, 0.6) is 5.75 Å². The molecule has 0 aliphatic rings. The largest absolute Gasteiger partial charge is 0.497 e. The van der Waals surface area contributed by atoms with E-state index in [0.29, 0.717) is 0 Å². The summed E-state index contributed by atoms with van der Waals surface area (Å²) >= 11 is 0. The first-order chi connectivity index (χ1) is 9.30. The van der Waals surface area contributed by atoms with Gasteiger partial charge in [-0.15, -0.1) is 5.10 Å². The van der Waals surface area contributed by atoms with Gasteiger partial charge in [0.15, 0.2) is 0 Å². The second kappa shape index (κ2) is 6.31. The smallest absolute Gasteiger partial charge is 0.119 e. The molecule has 2 aromatic rings. The lowest BCUT2D eigenvalue weighted by molar-refractivity contribution is 0.413. The maximum atomic E-state index is 5.69. The van der Waals surface area contributed by atoms with Crippen molar-refractivity contribution in [1.82, 2.24) is 20.4 Å². The van der Waals surface area contributed by atoms with E-state index in [2.05, 4.69) is 22.7 Å². The minimum Gasteiger partial charge on any atom is -0.497 e. The van der Waals surface area contributed by atoms with Gasteiger partial charge < -0.3 is 4.74 Å². The third kappa shape index (κ3) is 2.91.